The van der Waals surface area contributed by atoms with Gasteiger partial charge in [-0.3, -0.25) is 8.98 Å². The van der Waals surface area contributed by atoms with Crippen molar-refractivity contribution in [3.8, 4) is 0 Å². The molecule has 0 heterocycles. The Balaban J connectivity index is 4.31. The molecule has 8 heteroatoms. The van der Waals surface area contributed by atoms with Crippen molar-refractivity contribution < 1.29 is 32.4 Å². The predicted octanol–water partition coefficient (Wildman–Crippen LogP) is -0.163. The molecular weight excluding hydrogens is 240 g/mol. The molecule has 0 saturated heterocycles. The molecule has 0 spiro atoms. The van der Waals surface area contributed by atoms with Crippen LogP contribution in [0.4, 0.5) is 0 Å². The highest BCUT2D eigenvalue weighted by atomic mass is 32.2. The fraction of sp³-hybridized carbons (Fsp3) is 0.500. The molecule has 0 aromatic rings. The predicted molar refractivity (Wildman–Crippen MR) is 53.4 cm³/mol. The van der Waals surface area contributed by atoms with Crippen molar-refractivity contribution in [2.45, 2.75) is 18.9 Å². The van der Waals surface area contributed by atoms with Crippen molar-refractivity contribution in [2.24, 2.45) is 0 Å². The van der Waals surface area contributed by atoms with E-state index in [0.717, 1.165) is 6.26 Å². The quantitative estimate of drug-likeness (QED) is 0.477. The molecule has 0 aromatic carbocycles. The first-order chi connectivity index (χ1) is 7.22. The van der Waals surface area contributed by atoms with Crippen LogP contribution in [0.3, 0.4) is 0 Å². The normalized spacial score (nSPS) is 13.8. The summed E-state index contributed by atoms with van der Waals surface area (Å²) in [7, 11) is -3.85. The lowest BCUT2D eigenvalue weighted by Crippen LogP contribution is -2.26. The Morgan fingerprint density at radius 1 is 1.31 bits per heavy atom. The van der Waals surface area contributed by atoms with Crippen molar-refractivity contribution in [3.63, 3.8) is 0 Å². The topological polar surface area (TPSA) is 118 Å². The van der Waals surface area contributed by atoms with E-state index in [4.69, 9.17) is 10.2 Å². The monoisotopic (exact) mass is 252 g/mol. The molecule has 0 aromatic heterocycles. The third-order valence-corrected chi connectivity index (χ3v) is 1.96. The van der Waals surface area contributed by atoms with Crippen LogP contribution in [0.1, 0.15) is 12.8 Å². The molecule has 0 aliphatic heterocycles. The average molecular weight is 252 g/mol. The minimum atomic E-state index is -3.85. The van der Waals surface area contributed by atoms with Crippen LogP contribution >= 0.6 is 0 Å². The van der Waals surface area contributed by atoms with Crippen LogP contribution < -0.4 is 0 Å². The molecular formula is C8H12O7S. The molecule has 16 heavy (non-hydrogen) atoms. The zero-order valence-corrected chi connectivity index (χ0v) is 9.31. The maximum Gasteiger partial charge on any atom is 0.334 e. The Morgan fingerprint density at radius 3 is 2.25 bits per heavy atom. The second-order valence-corrected chi connectivity index (χ2v) is 4.53. The maximum atomic E-state index is 10.7. The van der Waals surface area contributed by atoms with E-state index in [0.29, 0.717) is 0 Å². The number of rotatable bonds is 7. The summed E-state index contributed by atoms with van der Waals surface area (Å²) in [6, 6.07) is 0. The van der Waals surface area contributed by atoms with Gasteiger partial charge in [0.1, 0.15) is 0 Å². The van der Waals surface area contributed by atoms with E-state index in [9.17, 15) is 18.0 Å². The molecule has 1 atom stereocenters. The summed E-state index contributed by atoms with van der Waals surface area (Å²) >= 11 is 0. The average Bonchev–Trinajstić information content (AvgIpc) is 2.07. The van der Waals surface area contributed by atoms with Crippen molar-refractivity contribution in [1.82, 2.24) is 0 Å². The fourth-order valence-corrected chi connectivity index (χ4v) is 1.38. The van der Waals surface area contributed by atoms with Gasteiger partial charge in [0.25, 0.3) is 10.1 Å². The number of hydrogen-bond acceptors (Lipinski definition) is 5. The molecule has 0 amide bonds. The number of carboxylic acids is 2. The summed E-state index contributed by atoms with van der Waals surface area (Å²) < 4.78 is 25.6. The second kappa shape index (κ2) is 6.23. The summed E-state index contributed by atoms with van der Waals surface area (Å²) in [5.41, 5.74) is 0. The van der Waals surface area contributed by atoms with Gasteiger partial charge in [0.05, 0.1) is 12.7 Å². The molecule has 0 fully saturated rings. The first-order valence-corrected chi connectivity index (χ1v) is 6.02. The van der Waals surface area contributed by atoms with Crippen LogP contribution in [0.5, 0.6) is 0 Å². The summed E-state index contributed by atoms with van der Waals surface area (Å²) in [6.07, 6.45) is 1.22. The van der Waals surface area contributed by atoms with Crippen molar-refractivity contribution in [1.29, 1.82) is 0 Å². The van der Waals surface area contributed by atoms with Gasteiger partial charge >= 0.3 is 11.9 Å². The lowest BCUT2D eigenvalue weighted by Gasteiger charge is -2.08. The Bertz CT molecular complexity index is 381. The minimum absolute atomic E-state index is 0.213. The number of hydrogen-bond donors (Lipinski definition) is 2. The number of carboxylic acid groups (broad SMARTS) is 2. The molecule has 0 saturated carbocycles. The van der Waals surface area contributed by atoms with E-state index >= 15 is 0 Å². The number of carbonyl (C=O) groups is 2. The molecule has 0 bridgehead atoms. The van der Waals surface area contributed by atoms with Crippen molar-refractivity contribution in [2.75, 3.05) is 6.26 Å². The lowest BCUT2D eigenvalue weighted by molar-refractivity contribution is -0.144. The van der Waals surface area contributed by atoms with E-state index in [1.54, 1.807) is 0 Å². The van der Waals surface area contributed by atoms with Gasteiger partial charge in [0, 0.05) is 6.42 Å². The first-order valence-electron chi connectivity index (χ1n) is 4.20. The van der Waals surface area contributed by atoms with E-state index in [1.165, 1.54) is 12.2 Å². The van der Waals surface area contributed by atoms with Gasteiger partial charge < -0.3 is 10.2 Å². The van der Waals surface area contributed by atoms with E-state index < -0.39 is 28.2 Å². The van der Waals surface area contributed by atoms with E-state index in [-0.39, 0.29) is 12.8 Å². The summed E-state index contributed by atoms with van der Waals surface area (Å²) in [5, 5.41) is 16.9. The van der Waals surface area contributed by atoms with E-state index in [1.807, 2.05) is 0 Å². The summed E-state index contributed by atoms with van der Waals surface area (Å²) in [6.45, 7) is 0. The van der Waals surface area contributed by atoms with Gasteiger partial charge in [-0.2, -0.15) is 8.42 Å². The summed E-state index contributed by atoms with van der Waals surface area (Å²) in [5.74, 6) is -2.49. The van der Waals surface area contributed by atoms with Gasteiger partial charge in [-0.25, -0.2) is 4.79 Å². The number of aliphatic carboxylic acids is 2. The highest BCUT2D eigenvalue weighted by Gasteiger charge is 2.21. The van der Waals surface area contributed by atoms with Crippen molar-refractivity contribution in [3.05, 3.63) is 12.2 Å². The van der Waals surface area contributed by atoms with Gasteiger partial charge in [-0.05, 0) is 0 Å². The van der Waals surface area contributed by atoms with Gasteiger partial charge in [-0.15, -0.1) is 0 Å². The molecule has 2 N–H and O–H groups in total. The van der Waals surface area contributed by atoms with E-state index in [2.05, 4.69) is 4.18 Å². The maximum absolute atomic E-state index is 10.7. The van der Waals surface area contributed by atoms with Crippen molar-refractivity contribution >= 4 is 22.1 Å². The summed E-state index contributed by atoms with van der Waals surface area (Å²) in [4.78, 5) is 20.7. The van der Waals surface area contributed by atoms with Gasteiger partial charge in [0.15, 0.2) is 6.10 Å². The fourth-order valence-electron chi connectivity index (χ4n) is 0.796. The highest BCUT2D eigenvalue weighted by Crippen LogP contribution is 2.04. The molecule has 0 aliphatic carbocycles. The standard InChI is InChI=1S/C8H12O7S/c1-16(13,14)15-6(8(11)12)4-2-3-5-7(9)10/h2-3,6H,4-5H2,1H3,(H,9,10)(H,11,12). The molecule has 92 valence electrons. The Hall–Kier alpha value is -1.41. The van der Waals surface area contributed by atoms with Gasteiger partial charge in [-0.1, -0.05) is 12.2 Å². The Kier molecular flexibility index (Phi) is 5.68. The first kappa shape index (κ1) is 14.6. The molecule has 0 rings (SSSR count). The zero-order chi connectivity index (χ0) is 12.8. The molecule has 7 nitrogen and oxygen atoms in total. The lowest BCUT2D eigenvalue weighted by atomic mass is 10.2. The van der Waals surface area contributed by atoms with Crippen LogP contribution in [-0.4, -0.2) is 42.9 Å². The Morgan fingerprint density at radius 2 is 1.88 bits per heavy atom. The van der Waals surface area contributed by atoms with Crippen LogP contribution in [0.2, 0.25) is 0 Å². The van der Waals surface area contributed by atoms with Crippen LogP contribution in [0.15, 0.2) is 12.2 Å². The zero-order valence-electron chi connectivity index (χ0n) is 8.49. The second-order valence-electron chi connectivity index (χ2n) is 2.93. The molecule has 0 aliphatic rings. The van der Waals surface area contributed by atoms with Crippen LogP contribution in [0, 0.1) is 0 Å². The van der Waals surface area contributed by atoms with Crippen LogP contribution in [0.25, 0.3) is 0 Å². The van der Waals surface area contributed by atoms with Gasteiger partial charge in [0.2, 0.25) is 0 Å². The third kappa shape index (κ3) is 7.94. The smallest absolute Gasteiger partial charge is 0.334 e. The van der Waals surface area contributed by atoms with Crippen LogP contribution in [-0.2, 0) is 23.9 Å². The molecule has 0 radical (unpaired) electrons. The largest absolute Gasteiger partial charge is 0.481 e. The molecule has 1 unspecified atom stereocenters. The minimum Gasteiger partial charge on any atom is -0.481 e. The highest BCUT2D eigenvalue weighted by molar-refractivity contribution is 7.86. The Labute approximate surface area is 92.5 Å². The SMILES string of the molecule is CS(=O)(=O)OC(CC=CCC(=O)O)C(=O)O. The third-order valence-electron chi connectivity index (χ3n) is 1.38.